The lowest BCUT2D eigenvalue weighted by Crippen LogP contribution is -2.54. The predicted molar refractivity (Wildman–Crippen MR) is 116 cm³/mol. The molecule has 1 atom stereocenters. The molecule has 0 radical (unpaired) electrons. The van der Waals surface area contributed by atoms with E-state index in [1.54, 1.807) is 18.2 Å². The summed E-state index contributed by atoms with van der Waals surface area (Å²) >= 11 is 0. The Morgan fingerprint density at radius 2 is 1.63 bits per heavy atom. The van der Waals surface area contributed by atoms with E-state index in [1.165, 1.54) is 7.11 Å². The lowest BCUT2D eigenvalue weighted by atomic mass is 9.83. The van der Waals surface area contributed by atoms with Gasteiger partial charge in [-0.1, -0.05) is 60.7 Å². The number of aliphatic hydroxyl groups is 2. The summed E-state index contributed by atoms with van der Waals surface area (Å²) in [5.41, 5.74) is 1.93. The molecule has 0 spiro atoms. The first-order valence-corrected chi connectivity index (χ1v) is 9.79. The van der Waals surface area contributed by atoms with E-state index in [2.05, 4.69) is 5.32 Å². The summed E-state index contributed by atoms with van der Waals surface area (Å²) in [6, 6.07) is 24.1. The van der Waals surface area contributed by atoms with Gasteiger partial charge in [0.2, 0.25) is 0 Å². The van der Waals surface area contributed by atoms with Crippen LogP contribution in [0.3, 0.4) is 0 Å². The van der Waals surface area contributed by atoms with E-state index in [1.807, 2.05) is 65.6 Å². The Morgan fingerprint density at radius 1 is 1.03 bits per heavy atom. The fourth-order valence-corrected chi connectivity index (χ4v) is 4.05. The third kappa shape index (κ3) is 3.30. The van der Waals surface area contributed by atoms with Crippen molar-refractivity contribution in [1.29, 1.82) is 0 Å². The average molecular weight is 404 g/mol. The number of β-amino-alcohol motifs (C(OH)–C–C–N with tert-alkyl or cyclic N) is 1. The summed E-state index contributed by atoms with van der Waals surface area (Å²) in [6.07, 6.45) is -0.600. The number of methoxy groups -OCH3 is 1. The first-order valence-electron chi connectivity index (χ1n) is 9.79. The monoisotopic (exact) mass is 404 g/mol. The number of aliphatic hydroxyl groups excluding tert-OH is 1. The van der Waals surface area contributed by atoms with Gasteiger partial charge in [0.25, 0.3) is 0 Å². The van der Waals surface area contributed by atoms with Gasteiger partial charge >= 0.3 is 5.97 Å². The Balaban J connectivity index is 1.85. The summed E-state index contributed by atoms with van der Waals surface area (Å²) in [5.74, 6) is -0.438. The van der Waals surface area contributed by atoms with Crippen LogP contribution in [0.15, 0.2) is 78.9 Å². The quantitative estimate of drug-likeness (QED) is 0.548. The van der Waals surface area contributed by atoms with E-state index in [0.717, 1.165) is 22.5 Å². The Kier molecular flexibility index (Phi) is 5.44. The van der Waals surface area contributed by atoms with Gasteiger partial charge in [0.15, 0.2) is 5.60 Å². The first kappa shape index (κ1) is 19.9. The highest BCUT2D eigenvalue weighted by atomic mass is 16.5. The van der Waals surface area contributed by atoms with Crippen LogP contribution in [0.2, 0.25) is 0 Å². The summed E-state index contributed by atoms with van der Waals surface area (Å²) < 4.78 is 4.85. The van der Waals surface area contributed by atoms with Crippen LogP contribution in [0.1, 0.15) is 21.5 Å². The number of nitrogens with one attached hydrogen (secondary N) is 1. The third-order valence-corrected chi connectivity index (χ3v) is 5.50. The molecule has 0 aromatic heterocycles. The number of hydrogen-bond donors (Lipinski definition) is 3. The summed E-state index contributed by atoms with van der Waals surface area (Å²) in [6.45, 7) is 0.164. The number of rotatable bonds is 6. The number of ether oxygens (including phenoxy) is 1. The van der Waals surface area contributed by atoms with Gasteiger partial charge < -0.3 is 25.2 Å². The number of carbonyl (C=O) groups is 1. The fraction of sp³-hybridized carbons (Fsp3) is 0.208. The highest BCUT2D eigenvalue weighted by Gasteiger charge is 2.47. The molecule has 3 aromatic rings. The molecule has 0 bridgehead atoms. The highest BCUT2D eigenvalue weighted by molar-refractivity contribution is 5.93. The van der Waals surface area contributed by atoms with Crippen LogP contribution in [0, 0.1) is 0 Å². The molecule has 1 heterocycles. The van der Waals surface area contributed by atoms with Crippen LogP contribution in [-0.2, 0) is 10.3 Å². The maximum absolute atomic E-state index is 12.2. The van der Waals surface area contributed by atoms with Crippen LogP contribution in [0.5, 0.6) is 0 Å². The largest absolute Gasteiger partial charge is 0.465 e. The molecular formula is C24H24N2O4. The van der Waals surface area contributed by atoms with Crippen LogP contribution in [0.25, 0.3) is 0 Å². The molecule has 4 rings (SSSR count). The molecule has 1 unspecified atom stereocenters. The number of carbonyl (C=O) groups excluding carboxylic acids is 1. The molecule has 1 aliphatic heterocycles. The molecule has 6 nitrogen and oxygen atoms in total. The van der Waals surface area contributed by atoms with E-state index >= 15 is 0 Å². The molecule has 0 saturated carbocycles. The fourth-order valence-electron chi connectivity index (χ4n) is 4.05. The van der Waals surface area contributed by atoms with Gasteiger partial charge in [-0.25, -0.2) is 4.79 Å². The number of nitrogens with zero attached hydrogens (tertiary/aromatic N) is 1. The molecule has 1 aliphatic rings. The zero-order valence-corrected chi connectivity index (χ0v) is 16.7. The predicted octanol–water partition coefficient (Wildman–Crippen LogP) is 2.96. The second-order valence-corrected chi connectivity index (χ2v) is 7.19. The normalized spacial score (nSPS) is 15.4. The van der Waals surface area contributed by atoms with Gasteiger partial charge in [-0.2, -0.15) is 0 Å². The van der Waals surface area contributed by atoms with Crippen molar-refractivity contribution in [3.8, 4) is 0 Å². The maximum Gasteiger partial charge on any atom is 0.337 e. The topological polar surface area (TPSA) is 82.0 Å². The van der Waals surface area contributed by atoms with E-state index in [4.69, 9.17) is 4.74 Å². The molecule has 0 aliphatic carbocycles. The van der Waals surface area contributed by atoms with Crippen LogP contribution in [0.4, 0.5) is 11.4 Å². The lowest BCUT2D eigenvalue weighted by molar-refractivity contribution is 0.0584. The second-order valence-electron chi connectivity index (χ2n) is 7.19. The van der Waals surface area contributed by atoms with E-state index in [9.17, 15) is 15.0 Å². The molecule has 30 heavy (non-hydrogen) atoms. The van der Waals surface area contributed by atoms with Crippen molar-refractivity contribution in [2.75, 3.05) is 30.5 Å². The second kappa shape index (κ2) is 8.18. The number of benzene rings is 3. The zero-order chi connectivity index (χ0) is 21.1. The molecule has 0 amide bonds. The third-order valence-electron chi connectivity index (χ3n) is 5.50. The Labute approximate surface area is 175 Å². The standard InChI is InChI=1S/C24H24N2O4/c1-30-22(28)17-12-13-20-21(16-17)26(14-15-27)23(25-20)24(29,18-8-4-2-5-9-18)19-10-6-3-7-11-19/h2-13,16,23,25,27,29H,14-15H2,1H3. The van der Waals surface area contributed by atoms with Crippen molar-refractivity contribution in [2.24, 2.45) is 0 Å². The minimum absolute atomic E-state index is 0.111. The Bertz CT molecular complexity index is 984. The van der Waals surface area contributed by atoms with Gasteiger partial charge in [0.1, 0.15) is 6.17 Å². The van der Waals surface area contributed by atoms with Crippen molar-refractivity contribution in [3.05, 3.63) is 95.6 Å². The molecule has 0 fully saturated rings. The SMILES string of the molecule is COC(=O)c1ccc2c(c1)N(CCO)C(C(O)(c1ccccc1)c1ccccc1)N2. The van der Waals surface area contributed by atoms with Gasteiger partial charge in [0, 0.05) is 6.54 Å². The number of esters is 1. The molecule has 0 saturated heterocycles. The van der Waals surface area contributed by atoms with Crippen LogP contribution < -0.4 is 10.2 Å². The lowest BCUT2D eigenvalue weighted by Gasteiger charge is -2.40. The van der Waals surface area contributed by atoms with Crippen LogP contribution in [-0.4, -0.2) is 42.6 Å². The van der Waals surface area contributed by atoms with E-state index < -0.39 is 17.7 Å². The van der Waals surface area contributed by atoms with Gasteiger partial charge in [-0.3, -0.25) is 0 Å². The number of anilines is 2. The summed E-state index contributed by atoms with van der Waals surface area (Å²) in [7, 11) is 1.34. The van der Waals surface area contributed by atoms with Gasteiger partial charge in [0.05, 0.1) is 30.7 Å². The van der Waals surface area contributed by atoms with E-state index in [0.29, 0.717) is 5.56 Å². The Morgan fingerprint density at radius 3 is 2.17 bits per heavy atom. The van der Waals surface area contributed by atoms with Crippen molar-refractivity contribution in [2.45, 2.75) is 11.8 Å². The van der Waals surface area contributed by atoms with E-state index in [-0.39, 0.29) is 13.2 Å². The first-order chi connectivity index (χ1) is 14.6. The smallest absolute Gasteiger partial charge is 0.337 e. The van der Waals surface area contributed by atoms with Crippen molar-refractivity contribution >= 4 is 17.3 Å². The van der Waals surface area contributed by atoms with Crippen LogP contribution >= 0.6 is 0 Å². The minimum atomic E-state index is -1.41. The zero-order valence-electron chi connectivity index (χ0n) is 16.7. The average Bonchev–Trinajstić information content (AvgIpc) is 3.17. The highest BCUT2D eigenvalue weighted by Crippen LogP contribution is 2.44. The van der Waals surface area contributed by atoms with Gasteiger partial charge in [-0.15, -0.1) is 0 Å². The van der Waals surface area contributed by atoms with Crippen molar-refractivity contribution in [1.82, 2.24) is 0 Å². The maximum atomic E-state index is 12.2. The molecular weight excluding hydrogens is 380 g/mol. The number of fused-ring (bicyclic) bond motifs is 1. The number of hydrogen-bond acceptors (Lipinski definition) is 6. The molecule has 6 heteroatoms. The minimum Gasteiger partial charge on any atom is -0.465 e. The van der Waals surface area contributed by atoms with Crippen molar-refractivity contribution < 1.29 is 19.7 Å². The van der Waals surface area contributed by atoms with Crippen molar-refractivity contribution in [3.63, 3.8) is 0 Å². The summed E-state index contributed by atoms with van der Waals surface area (Å²) in [4.78, 5) is 13.9. The van der Waals surface area contributed by atoms with Gasteiger partial charge in [-0.05, 0) is 29.3 Å². The molecule has 3 N–H and O–H groups in total. The molecule has 3 aromatic carbocycles. The molecule has 154 valence electrons. The Hall–Kier alpha value is -3.35. The summed E-state index contributed by atoms with van der Waals surface area (Å²) in [5, 5.41) is 25.3.